The zero-order chi connectivity index (χ0) is 12.0. The maximum Gasteiger partial charge on any atom is 0.120 e. The van der Waals surface area contributed by atoms with Crippen molar-refractivity contribution in [3.63, 3.8) is 0 Å². The molecule has 2 nitrogen and oxygen atoms in total. The zero-order valence-electron chi connectivity index (χ0n) is 11.0. The van der Waals surface area contributed by atoms with Crippen molar-refractivity contribution in [1.82, 2.24) is 5.32 Å². The Balaban J connectivity index is 2.52. The minimum Gasteiger partial charge on any atom is -0.464 e. The first kappa shape index (κ1) is 13.3. The van der Waals surface area contributed by atoms with E-state index in [-0.39, 0.29) is 0 Å². The lowest BCUT2D eigenvalue weighted by molar-refractivity contribution is 0.359. The van der Waals surface area contributed by atoms with Gasteiger partial charge < -0.3 is 9.73 Å². The van der Waals surface area contributed by atoms with E-state index in [0.717, 1.165) is 17.9 Å². The predicted octanol–water partition coefficient (Wildman–Crippen LogP) is 4.07. The molecular formula is C14H25NO. The molecule has 0 spiro atoms. The van der Waals surface area contributed by atoms with E-state index >= 15 is 0 Å². The molecule has 0 amide bonds. The molecule has 1 rings (SSSR count). The third-order valence-corrected chi connectivity index (χ3v) is 3.07. The second-order valence-electron chi connectivity index (χ2n) is 4.44. The van der Waals surface area contributed by atoms with Crippen molar-refractivity contribution in [3.8, 4) is 0 Å². The normalized spacial score (nSPS) is 15.0. The highest BCUT2D eigenvalue weighted by atomic mass is 16.3. The van der Waals surface area contributed by atoms with E-state index in [4.69, 9.17) is 4.42 Å². The molecule has 0 aliphatic carbocycles. The fourth-order valence-corrected chi connectivity index (χ4v) is 2.01. The first-order chi connectivity index (χ1) is 7.71. The van der Waals surface area contributed by atoms with Gasteiger partial charge in [-0.2, -0.15) is 0 Å². The number of aryl methyl sites for hydroxylation is 1. The lowest BCUT2D eigenvalue weighted by Crippen LogP contribution is -2.30. The molecule has 2 heteroatoms. The fourth-order valence-electron chi connectivity index (χ4n) is 2.01. The molecule has 2 atom stereocenters. The minimum absolute atomic E-state index is 0.316. The zero-order valence-corrected chi connectivity index (χ0v) is 11.0. The Labute approximate surface area is 99.4 Å². The molecule has 1 heterocycles. The first-order valence-electron chi connectivity index (χ1n) is 6.55. The molecule has 1 N–H and O–H groups in total. The van der Waals surface area contributed by atoms with Gasteiger partial charge in [0.1, 0.15) is 11.5 Å². The number of hydrogen-bond acceptors (Lipinski definition) is 2. The van der Waals surface area contributed by atoms with E-state index in [0.29, 0.717) is 12.1 Å². The maximum absolute atomic E-state index is 5.76. The van der Waals surface area contributed by atoms with Gasteiger partial charge in [0.25, 0.3) is 0 Å². The van der Waals surface area contributed by atoms with Crippen LogP contribution in [0.15, 0.2) is 16.5 Å². The standard InChI is InChI=1S/C14H25NO/c1-5-8-12(6-2)15-11(4)14-10-9-13(7-3)16-14/h9-12,15H,5-8H2,1-4H3. The minimum atomic E-state index is 0.316. The van der Waals surface area contributed by atoms with Gasteiger partial charge in [0.05, 0.1) is 6.04 Å². The van der Waals surface area contributed by atoms with Crippen molar-refractivity contribution in [2.24, 2.45) is 0 Å². The molecule has 2 unspecified atom stereocenters. The third-order valence-electron chi connectivity index (χ3n) is 3.07. The summed E-state index contributed by atoms with van der Waals surface area (Å²) in [5.41, 5.74) is 0. The average Bonchev–Trinajstić information content (AvgIpc) is 2.76. The number of hydrogen-bond donors (Lipinski definition) is 1. The Hall–Kier alpha value is -0.760. The average molecular weight is 223 g/mol. The van der Waals surface area contributed by atoms with Crippen LogP contribution in [-0.4, -0.2) is 6.04 Å². The molecule has 0 radical (unpaired) electrons. The highest BCUT2D eigenvalue weighted by molar-refractivity contribution is 5.10. The van der Waals surface area contributed by atoms with Crippen LogP contribution in [0.25, 0.3) is 0 Å². The highest BCUT2D eigenvalue weighted by Gasteiger charge is 2.13. The van der Waals surface area contributed by atoms with Crippen LogP contribution in [0.5, 0.6) is 0 Å². The van der Waals surface area contributed by atoms with E-state index in [9.17, 15) is 0 Å². The molecule has 1 aromatic heterocycles. The number of furan rings is 1. The monoisotopic (exact) mass is 223 g/mol. The van der Waals surface area contributed by atoms with Gasteiger partial charge in [-0.15, -0.1) is 0 Å². The molecule has 0 aliphatic rings. The number of nitrogens with one attached hydrogen (secondary N) is 1. The molecule has 0 aliphatic heterocycles. The van der Waals surface area contributed by atoms with Crippen molar-refractivity contribution >= 4 is 0 Å². The lowest BCUT2D eigenvalue weighted by atomic mass is 10.1. The van der Waals surface area contributed by atoms with Crippen molar-refractivity contribution in [3.05, 3.63) is 23.7 Å². The van der Waals surface area contributed by atoms with Crippen LogP contribution in [-0.2, 0) is 6.42 Å². The molecular weight excluding hydrogens is 198 g/mol. The van der Waals surface area contributed by atoms with E-state index in [2.05, 4.69) is 45.1 Å². The van der Waals surface area contributed by atoms with Gasteiger partial charge in [-0.05, 0) is 31.9 Å². The van der Waals surface area contributed by atoms with E-state index in [1.165, 1.54) is 19.3 Å². The Morgan fingerprint density at radius 2 is 2.00 bits per heavy atom. The van der Waals surface area contributed by atoms with Crippen LogP contribution in [0.3, 0.4) is 0 Å². The Morgan fingerprint density at radius 3 is 2.50 bits per heavy atom. The molecule has 92 valence electrons. The van der Waals surface area contributed by atoms with Gasteiger partial charge in [-0.1, -0.05) is 27.2 Å². The Kier molecular flexibility index (Phi) is 5.61. The smallest absolute Gasteiger partial charge is 0.120 e. The Morgan fingerprint density at radius 1 is 1.25 bits per heavy atom. The largest absolute Gasteiger partial charge is 0.464 e. The summed E-state index contributed by atoms with van der Waals surface area (Å²) in [5.74, 6) is 2.14. The van der Waals surface area contributed by atoms with Crippen LogP contribution in [0, 0.1) is 0 Å². The summed E-state index contributed by atoms with van der Waals surface area (Å²) < 4.78 is 5.76. The number of rotatable bonds is 7. The lowest BCUT2D eigenvalue weighted by Gasteiger charge is -2.20. The molecule has 0 saturated heterocycles. The Bertz CT molecular complexity index is 293. The van der Waals surface area contributed by atoms with Crippen LogP contribution >= 0.6 is 0 Å². The van der Waals surface area contributed by atoms with Crippen molar-refractivity contribution in [2.45, 2.75) is 65.5 Å². The van der Waals surface area contributed by atoms with Gasteiger partial charge >= 0.3 is 0 Å². The van der Waals surface area contributed by atoms with Crippen LogP contribution in [0.2, 0.25) is 0 Å². The summed E-state index contributed by atoms with van der Waals surface area (Å²) in [6.45, 7) is 8.76. The molecule has 1 aromatic rings. The van der Waals surface area contributed by atoms with Crippen LogP contribution < -0.4 is 5.32 Å². The fraction of sp³-hybridized carbons (Fsp3) is 0.714. The molecule has 0 bridgehead atoms. The van der Waals surface area contributed by atoms with Gasteiger partial charge in [0, 0.05) is 12.5 Å². The van der Waals surface area contributed by atoms with Crippen molar-refractivity contribution in [2.75, 3.05) is 0 Å². The molecule has 0 saturated carbocycles. The summed E-state index contributed by atoms with van der Waals surface area (Å²) in [6, 6.07) is 5.09. The summed E-state index contributed by atoms with van der Waals surface area (Å²) >= 11 is 0. The van der Waals surface area contributed by atoms with Crippen molar-refractivity contribution in [1.29, 1.82) is 0 Å². The summed E-state index contributed by atoms with van der Waals surface area (Å²) in [4.78, 5) is 0. The predicted molar refractivity (Wildman–Crippen MR) is 68.6 cm³/mol. The van der Waals surface area contributed by atoms with Crippen LogP contribution in [0.4, 0.5) is 0 Å². The SMILES string of the molecule is CCCC(CC)NC(C)c1ccc(CC)o1. The van der Waals surface area contributed by atoms with Gasteiger partial charge in [-0.25, -0.2) is 0 Å². The van der Waals surface area contributed by atoms with E-state index in [1.54, 1.807) is 0 Å². The molecule has 16 heavy (non-hydrogen) atoms. The summed E-state index contributed by atoms with van der Waals surface area (Å²) in [7, 11) is 0. The maximum atomic E-state index is 5.76. The van der Waals surface area contributed by atoms with E-state index < -0.39 is 0 Å². The van der Waals surface area contributed by atoms with Gasteiger partial charge in [0.2, 0.25) is 0 Å². The summed E-state index contributed by atoms with van der Waals surface area (Å²) in [5, 5.41) is 3.63. The first-order valence-corrected chi connectivity index (χ1v) is 6.55. The third kappa shape index (κ3) is 3.67. The van der Waals surface area contributed by atoms with E-state index in [1.807, 2.05) is 0 Å². The highest BCUT2D eigenvalue weighted by Crippen LogP contribution is 2.18. The summed E-state index contributed by atoms with van der Waals surface area (Å²) in [6.07, 6.45) is 4.62. The quantitative estimate of drug-likeness (QED) is 0.753. The van der Waals surface area contributed by atoms with Crippen molar-refractivity contribution < 1.29 is 4.42 Å². The van der Waals surface area contributed by atoms with Gasteiger partial charge in [-0.3, -0.25) is 0 Å². The second-order valence-corrected chi connectivity index (χ2v) is 4.44. The topological polar surface area (TPSA) is 25.2 Å². The second kappa shape index (κ2) is 6.74. The molecule has 0 fully saturated rings. The van der Waals surface area contributed by atoms with Crippen LogP contribution in [0.1, 0.15) is 64.5 Å². The molecule has 0 aromatic carbocycles. The van der Waals surface area contributed by atoms with Gasteiger partial charge in [0.15, 0.2) is 0 Å².